The Bertz CT molecular complexity index is 1060. The fourth-order valence-corrected chi connectivity index (χ4v) is 3.35. The van der Waals surface area contributed by atoms with Gasteiger partial charge in [0.05, 0.1) is 11.4 Å². The lowest BCUT2D eigenvalue weighted by Crippen LogP contribution is -2.20. The second-order valence-electron chi connectivity index (χ2n) is 6.07. The maximum atomic E-state index is 14.7. The summed E-state index contributed by atoms with van der Waals surface area (Å²) in [5.41, 5.74) is 6.60. The Morgan fingerprint density at radius 1 is 1.27 bits per heavy atom. The molecule has 3 aromatic rings. The van der Waals surface area contributed by atoms with Crippen LogP contribution in [-0.4, -0.2) is 21.5 Å². The van der Waals surface area contributed by atoms with Gasteiger partial charge in [-0.1, -0.05) is 17.7 Å². The van der Waals surface area contributed by atoms with Crippen LogP contribution in [0.1, 0.15) is 34.5 Å². The number of phenolic OH excluding ortho intramolecular Hbond substituents is 1. The Balaban J connectivity index is 2.37. The number of halogens is 2. The zero-order valence-corrected chi connectivity index (χ0v) is 14.8. The number of carbonyl (C=O) groups excluding carboxylic acids is 2. The molecule has 3 rings (SSSR count). The van der Waals surface area contributed by atoms with Gasteiger partial charge in [-0.15, -0.1) is 0 Å². The molecule has 7 heteroatoms. The van der Waals surface area contributed by atoms with E-state index in [0.717, 1.165) is 6.07 Å². The van der Waals surface area contributed by atoms with Gasteiger partial charge in [-0.3, -0.25) is 14.2 Å². The summed E-state index contributed by atoms with van der Waals surface area (Å²) in [6, 6.07) is 8.96. The normalized spacial score (nSPS) is 12.3. The van der Waals surface area contributed by atoms with Crippen molar-refractivity contribution in [3.63, 3.8) is 0 Å². The van der Waals surface area contributed by atoms with Crippen molar-refractivity contribution in [1.29, 1.82) is 0 Å². The molecule has 0 radical (unpaired) electrons. The molecular formula is C19H16ClFN2O3. The summed E-state index contributed by atoms with van der Waals surface area (Å²) in [6.45, 7) is 3.13. The highest BCUT2D eigenvalue weighted by atomic mass is 35.5. The van der Waals surface area contributed by atoms with E-state index in [4.69, 9.17) is 17.3 Å². The van der Waals surface area contributed by atoms with Crippen LogP contribution in [0.2, 0.25) is 5.02 Å². The largest absolute Gasteiger partial charge is 0.505 e. The zero-order valence-electron chi connectivity index (χ0n) is 14.1. The number of carbonyl (C=O) groups is 2. The SMILES string of the molecule is Cc1c([C@@H](C)C(N)=O)c2c(F)c(O)ccc2n1C(=O)c1cccc(Cl)c1. The number of fused-ring (bicyclic) bond motifs is 1. The van der Waals surface area contributed by atoms with Crippen molar-refractivity contribution < 1.29 is 19.1 Å². The van der Waals surface area contributed by atoms with Gasteiger partial charge >= 0.3 is 0 Å². The highest BCUT2D eigenvalue weighted by Gasteiger charge is 2.28. The molecule has 0 saturated carbocycles. The Hall–Kier alpha value is -2.86. The first-order valence-electron chi connectivity index (χ1n) is 7.86. The van der Waals surface area contributed by atoms with E-state index in [1.54, 1.807) is 25.1 Å². The smallest absolute Gasteiger partial charge is 0.262 e. The summed E-state index contributed by atoms with van der Waals surface area (Å²) in [5.74, 6) is -3.40. The van der Waals surface area contributed by atoms with Crippen LogP contribution in [0.5, 0.6) is 5.75 Å². The first kappa shape index (κ1) is 17.9. The quantitative estimate of drug-likeness (QED) is 0.732. The standard InChI is InChI=1S/C19H16ClFN2O3/c1-9(18(22)25)15-10(2)23(13-6-7-14(24)17(21)16(13)15)19(26)11-4-3-5-12(20)8-11/h3-9,24H,1-2H3,(H2,22,25)/t9-/m1/s1. The summed E-state index contributed by atoms with van der Waals surface area (Å²) in [4.78, 5) is 24.7. The van der Waals surface area contributed by atoms with Crippen molar-refractivity contribution >= 4 is 34.3 Å². The number of amides is 1. The third-order valence-corrected chi connectivity index (χ3v) is 4.70. The Labute approximate surface area is 153 Å². The monoisotopic (exact) mass is 374 g/mol. The highest BCUT2D eigenvalue weighted by Crippen LogP contribution is 2.37. The maximum absolute atomic E-state index is 14.7. The van der Waals surface area contributed by atoms with Gasteiger partial charge in [0.1, 0.15) is 0 Å². The number of hydrogen-bond donors (Lipinski definition) is 2. The third-order valence-electron chi connectivity index (χ3n) is 4.47. The van der Waals surface area contributed by atoms with Gasteiger partial charge in [0, 0.05) is 21.7 Å². The lowest BCUT2D eigenvalue weighted by atomic mass is 9.97. The molecule has 0 aliphatic rings. The molecule has 5 nitrogen and oxygen atoms in total. The fourth-order valence-electron chi connectivity index (χ4n) is 3.16. The van der Waals surface area contributed by atoms with Crippen LogP contribution in [0.25, 0.3) is 10.9 Å². The van der Waals surface area contributed by atoms with Crippen LogP contribution in [0.15, 0.2) is 36.4 Å². The van der Waals surface area contributed by atoms with Crippen LogP contribution in [0.4, 0.5) is 4.39 Å². The summed E-state index contributed by atoms with van der Waals surface area (Å²) < 4.78 is 16.0. The second kappa shape index (κ2) is 6.46. The molecule has 0 fully saturated rings. The predicted molar refractivity (Wildman–Crippen MR) is 97.1 cm³/mol. The highest BCUT2D eigenvalue weighted by molar-refractivity contribution is 6.31. The van der Waals surface area contributed by atoms with Crippen molar-refractivity contribution in [1.82, 2.24) is 4.57 Å². The fraction of sp³-hybridized carbons (Fsp3) is 0.158. The molecule has 26 heavy (non-hydrogen) atoms. The van der Waals surface area contributed by atoms with Crippen LogP contribution >= 0.6 is 11.6 Å². The second-order valence-corrected chi connectivity index (χ2v) is 6.50. The van der Waals surface area contributed by atoms with Crippen molar-refractivity contribution in [2.45, 2.75) is 19.8 Å². The number of phenols is 1. The van der Waals surface area contributed by atoms with E-state index >= 15 is 0 Å². The molecule has 1 heterocycles. The molecule has 0 aliphatic heterocycles. The van der Waals surface area contributed by atoms with Crippen molar-refractivity contribution in [3.8, 4) is 5.75 Å². The van der Waals surface area contributed by atoms with E-state index in [0.29, 0.717) is 16.3 Å². The maximum Gasteiger partial charge on any atom is 0.262 e. The van der Waals surface area contributed by atoms with E-state index in [9.17, 15) is 19.1 Å². The number of rotatable bonds is 3. The van der Waals surface area contributed by atoms with Crippen molar-refractivity contribution in [3.05, 3.63) is 64.1 Å². The molecule has 0 saturated heterocycles. The number of benzene rings is 2. The van der Waals surface area contributed by atoms with E-state index < -0.39 is 29.3 Å². The molecule has 0 bridgehead atoms. The Kier molecular flexibility index (Phi) is 4.46. The van der Waals surface area contributed by atoms with Gasteiger partial charge < -0.3 is 10.8 Å². The minimum Gasteiger partial charge on any atom is -0.505 e. The zero-order chi connectivity index (χ0) is 19.2. The number of aromatic hydroxyl groups is 1. The van der Waals surface area contributed by atoms with Gasteiger partial charge in [0.25, 0.3) is 5.91 Å². The van der Waals surface area contributed by atoms with Crippen LogP contribution in [-0.2, 0) is 4.79 Å². The molecule has 1 aromatic heterocycles. The van der Waals surface area contributed by atoms with Crippen LogP contribution < -0.4 is 5.73 Å². The number of nitrogens with two attached hydrogens (primary N) is 1. The third kappa shape index (κ3) is 2.72. The molecule has 0 unspecified atom stereocenters. The van der Waals surface area contributed by atoms with E-state index in [1.807, 2.05) is 0 Å². The number of hydrogen-bond acceptors (Lipinski definition) is 3. The van der Waals surface area contributed by atoms with Gasteiger partial charge in [-0.25, -0.2) is 4.39 Å². The Morgan fingerprint density at radius 2 is 1.96 bits per heavy atom. The molecule has 1 atom stereocenters. The Morgan fingerprint density at radius 3 is 2.58 bits per heavy atom. The summed E-state index contributed by atoms with van der Waals surface area (Å²) in [6.07, 6.45) is 0. The number of aromatic nitrogens is 1. The van der Waals surface area contributed by atoms with Crippen LogP contribution in [0, 0.1) is 12.7 Å². The van der Waals surface area contributed by atoms with E-state index in [1.165, 1.54) is 23.6 Å². The van der Waals surface area contributed by atoms with Gasteiger partial charge in [-0.05, 0) is 49.7 Å². The average molecular weight is 375 g/mol. The summed E-state index contributed by atoms with van der Waals surface area (Å²) in [5, 5.41) is 10.1. The van der Waals surface area contributed by atoms with Crippen molar-refractivity contribution in [2.75, 3.05) is 0 Å². The lowest BCUT2D eigenvalue weighted by molar-refractivity contribution is -0.119. The average Bonchev–Trinajstić information content (AvgIpc) is 2.89. The van der Waals surface area contributed by atoms with Gasteiger partial charge in [0.15, 0.2) is 11.6 Å². The molecule has 134 valence electrons. The topological polar surface area (TPSA) is 85.3 Å². The van der Waals surface area contributed by atoms with E-state index in [2.05, 4.69) is 0 Å². The minimum atomic E-state index is -0.897. The molecule has 3 N–H and O–H groups in total. The lowest BCUT2D eigenvalue weighted by Gasteiger charge is -2.10. The minimum absolute atomic E-state index is 0.00387. The number of primary amides is 1. The first-order chi connectivity index (χ1) is 12.2. The molecule has 2 aromatic carbocycles. The molecule has 0 aliphatic carbocycles. The molecular weight excluding hydrogens is 359 g/mol. The van der Waals surface area contributed by atoms with E-state index in [-0.39, 0.29) is 16.5 Å². The van der Waals surface area contributed by atoms with Crippen molar-refractivity contribution in [2.24, 2.45) is 5.73 Å². The number of nitrogens with zero attached hydrogens (tertiary/aromatic N) is 1. The van der Waals surface area contributed by atoms with Crippen LogP contribution in [0.3, 0.4) is 0 Å². The van der Waals surface area contributed by atoms with Gasteiger partial charge in [0.2, 0.25) is 5.91 Å². The first-order valence-corrected chi connectivity index (χ1v) is 8.23. The summed E-state index contributed by atoms with van der Waals surface area (Å²) >= 11 is 5.96. The predicted octanol–water partition coefficient (Wildman–Crippen LogP) is 3.73. The molecule has 1 amide bonds. The summed E-state index contributed by atoms with van der Waals surface area (Å²) in [7, 11) is 0. The van der Waals surface area contributed by atoms with Gasteiger partial charge in [-0.2, -0.15) is 0 Å². The molecule has 0 spiro atoms.